The van der Waals surface area contributed by atoms with E-state index in [1.165, 1.54) is 32.3 Å². The highest BCUT2D eigenvalue weighted by Crippen LogP contribution is 2.24. The third-order valence-electron chi connectivity index (χ3n) is 4.98. The Balaban J connectivity index is 0.000000255. The van der Waals surface area contributed by atoms with Crippen LogP contribution >= 0.6 is 0 Å². The predicted molar refractivity (Wildman–Crippen MR) is 152 cm³/mol. The Morgan fingerprint density at radius 2 is 0.455 bits per heavy atom. The second kappa shape index (κ2) is 14.2. The normalized spacial score (nSPS) is 9.09. The fourth-order valence-electron chi connectivity index (χ4n) is 3.47. The second-order valence-corrected chi connectivity index (χ2v) is 7.01. The van der Waals surface area contributed by atoms with Crippen LogP contribution in [-0.2, 0) is 0 Å². The van der Waals surface area contributed by atoms with Crippen LogP contribution in [0.15, 0.2) is 146 Å². The first-order valence-corrected chi connectivity index (χ1v) is 10.2. The van der Waals surface area contributed by atoms with Crippen molar-refractivity contribution in [3.63, 3.8) is 0 Å². The zero-order chi connectivity index (χ0) is 20.4. The Kier molecular flexibility index (Phi) is 11.7. The summed E-state index contributed by atoms with van der Waals surface area (Å²) in [6, 6.07) is 50.1. The molecule has 6 rings (SSSR count). The summed E-state index contributed by atoms with van der Waals surface area (Å²) in [4.78, 5) is 0. The van der Waals surface area contributed by atoms with E-state index >= 15 is 0 Å². The van der Waals surface area contributed by atoms with Crippen molar-refractivity contribution in [3.05, 3.63) is 146 Å². The first kappa shape index (κ1) is 27.1. The predicted octanol–water partition coefficient (Wildman–Crippen LogP) is 10.4. The number of rotatable bonds is 0. The summed E-state index contributed by atoms with van der Waals surface area (Å²) in [6.45, 7) is 0. The lowest BCUT2D eigenvalue weighted by Crippen LogP contribution is -1.75. The standard InChI is InChI=1S/C14H10.C10H8.C6H6.3CH4/c1-3-7-13-11(5-1)9-10-12-6-2-4-8-14(12)13;1-2-6-10-8-4-3-7-9(10)5-1;1-2-4-6-5-3-1;;;/h1-10H;1-8H;1-6H;3*1H4. The summed E-state index contributed by atoms with van der Waals surface area (Å²) >= 11 is 0. The molecule has 6 aromatic rings. The molecular weight excluding hydrogens is 396 g/mol. The zero-order valence-corrected chi connectivity index (χ0v) is 16.9. The van der Waals surface area contributed by atoms with Gasteiger partial charge in [0.25, 0.3) is 0 Å². The van der Waals surface area contributed by atoms with Gasteiger partial charge in [0.05, 0.1) is 0 Å². The molecule has 6 aromatic carbocycles. The molecule has 0 unspecified atom stereocenters. The van der Waals surface area contributed by atoms with Crippen molar-refractivity contribution in [2.24, 2.45) is 0 Å². The molecule has 0 aliphatic carbocycles. The quantitative estimate of drug-likeness (QED) is 0.209. The molecule has 0 bridgehead atoms. The minimum Gasteiger partial charge on any atom is -0.0776 e. The first-order chi connectivity index (χ1) is 14.9. The number of benzene rings is 6. The molecular formula is C33H36. The van der Waals surface area contributed by atoms with E-state index < -0.39 is 0 Å². The summed E-state index contributed by atoms with van der Waals surface area (Å²) in [5.41, 5.74) is 0. The average molecular weight is 433 g/mol. The molecule has 0 aliphatic heterocycles. The number of fused-ring (bicyclic) bond motifs is 4. The van der Waals surface area contributed by atoms with Gasteiger partial charge in [0.1, 0.15) is 0 Å². The fourth-order valence-corrected chi connectivity index (χ4v) is 3.47. The van der Waals surface area contributed by atoms with Crippen molar-refractivity contribution in [3.8, 4) is 0 Å². The first-order valence-electron chi connectivity index (χ1n) is 10.2. The molecule has 0 heteroatoms. The Morgan fingerprint density at radius 3 is 0.758 bits per heavy atom. The smallest absolute Gasteiger partial charge is 0.0105 e. The van der Waals surface area contributed by atoms with Gasteiger partial charge >= 0.3 is 0 Å². The van der Waals surface area contributed by atoms with E-state index in [1.807, 2.05) is 36.4 Å². The van der Waals surface area contributed by atoms with Crippen LogP contribution in [0.5, 0.6) is 0 Å². The van der Waals surface area contributed by atoms with Crippen molar-refractivity contribution in [2.45, 2.75) is 22.3 Å². The highest BCUT2D eigenvalue weighted by atomic mass is 14.0. The molecule has 0 aromatic heterocycles. The maximum Gasteiger partial charge on any atom is -0.0105 e. The van der Waals surface area contributed by atoms with Crippen molar-refractivity contribution < 1.29 is 0 Å². The third-order valence-corrected chi connectivity index (χ3v) is 4.98. The Labute approximate surface area is 200 Å². The van der Waals surface area contributed by atoms with Crippen molar-refractivity contribution in [1.82, 2.24) is 0 Å². The molecule has 0 aliphatic rings. The Bertz CT molecular complexity index is 1190. The highest BCUT2D eigenvalue weighted by Gasteiger charge is 1.97. The van der Waals surface area contributed by atoms with Gasteiger partial charge in [-0.25, -0.2) is 0 Å². The molecule has 0 heterocycles. The highest BCUT2D eigenvalue weighted by molar-refractivity contribution is 6.07. The van der Waals surface area contributed by atoms with E-state index in [-0.39, 0.29) is 22.3 Å². The van der Waals surface area contributed by atoms with Gasteiger partial charge in [-0.3, -0.25) is 0 Å². The van der Waals surface area contributed by atoms with E-state index in [2.05, 4.69) is 109 Å². The van der Waals surface area contributed by atoms with Crippen LogP contribution in [0.2, 0.25) is 0 Å². The van der Waals surface area contributed by atoms with Crippen molar-refractivity contribution >= 4 is 32.3 Å². The van der Waals surface area contributed by atoms with Gasteiger partial charge in [0, 0.05) is 0 Å². The summed E-state index contributed by atoms with van der Waals surface area (Å²) in [6.07, 6.45) is 0. The Hall–Kier alpha value is -3.90. The van der Waals surface area contributed by atoms with E-state index in [4.69, 9.17) is 0 Å². The van der Waals surface area contributed by atoms with Gasteiger partial charge in [-0.15, -0.1) is 0 Å². The minimum absolute atomic E-state index is 0. The zero-order valence-electron chi connectivity index (χ0n) is 16.9. The molecule has 0 N–H and O–H groups in total. The Morgan fingerprint density at radius 1 is 0.212 bits per heavy atom. The minimum atomic E-state index is 0. The van der Waals surface area contributed by atoms with Crippen molar-refractivity contribution in [2.75, 3.05) is 0 Å². The van der Waals surface area contributed by atoms with Gasteiger partial charge in [0.2, 0.25) is 0 Å². The topological polar surface area (TPSA) is 0 Å². The molecule has 0 radical (unpaired) electrons. The van der Waals surface area contributed by atoms with Gasteiger partial charge in [-0.1, -0.05) is 168 Å². The molecule has 33 heavy (non-hydrogen) atoms. The van der Waals surface area contributed by atoms with Crippen molar-refractivity contribution in [1.29, 1.82) is 0 Å². The SMILES string of the molecule is C.C.C.c1ccc2c(c1)ccc1ccccc12.c1ccc2ccccc2c1.c1ccccc1. The average Bonchev–Trinajstić information content (AvgIpc) is 2.86. The van der Waals surface area contributed by atoms with Crippen LogP contribution in [0, 0.1) is 0 Å². The van der Waals surface area contributed by atoms with Crippen LogP contribution in [-0.4, -0.2) is 0 Å². The lowest BCUT2D eigenvalue weighted by atomic mass is 10.0. The van der Waals surface area contributed by atoms with Crippen LogP contribution in [0.25, 0.3) is 32.3 Å². The largest absolute Gasteiger partial charge is 0.0776 e. The number of hydrogen-bond acceptors (Lipinski definition) is 0. The summed E-state index contributed by atoms with van der Waals surface area (Å²) in [5.74, 6) is 0. The molecule has 0 nitrogen and oxygen atoms in total. The molecule has 168 valence electrons. The third kappa shape index (κ3) is 7.33. The molecule has 0 amide bonds. The summed E-state index contributed by atoms with van der Waals surface area (Å²) < 4.78 is 0. The van der Waals surface area contributed by atoms with Gasteiger partial charge < -0.3 is 0 Å². The maximum absolute atomic E-state index is 2.18. The summed E-state index contributed by atoms with van der Waals surface area (Å²) in [5, 5.41) is 7.92. The fraction of sp³-hybridized carbons (Fsp3) is 0.0909. The molecule has 0 atom stereocenters. The van der Waals surface area contributed by atoms with E-state index in [9.17, 15) is 0 Å². The van der Waals surface area contributed by atoms with E-state index in [0.717, 1.165) is 0 Å². The molecule has 0 saturated heterocycles. The van der Waals surface area contributed by atoms with E-state index in [1.54, 1.807) is 0 Å². The van der Waals surface area contributed by atoms with Crippen LogP contribution in [0.1, 0.15) is 22.3 Å². The van der Waals surface area contributed by atoms with Gasteiger partial charge in [-0.05, 0) is 32.3 Å². The maximum atomic E-state index is 2.18. The molecule has 0 spiro atoms. The molecule has 0 fully saturated rings. The molecule has 0 saturated carbocycles. The van der Waals surface area contributed by atoms with Gasteiger partial charge in [0.15, 0.2) is 0 Å². The monoisotopic (exact) mass is 432 g/mol. The lowest BCUT2D eigenvalue weighted by molar-refractivity contribution is 1.72. The second-order valence-electron chi connectivity index (χ2n) is 7.01. The van der Waals surface area contributed by atoms with Crippen LogP contribution in [0.3, 0.4) is 0 Å². The number of hydrogen-bond donors (Lipinski definition) is 0. The van der Waals surface area contributed by atoms with Crippen LogP contribution in [0.4, 0.5) is 0 Å². The summed E-state index contributed by atoms with van der Waals surface area (Å²) in [7, 11) is 0. The lowest BCUT2D eigenvalue weighted by Gasteiger charge is -2.02. The van der Waals surface area contributed by atoms with Gasteiger partial charge in [-0.2, -0.15) is 0 Å². The van der Waals surface area contributed by atoms with E-state index in [0.29, 0.717) is 0 Å². The van der Waals surface area contributed by atoms with Crippen LogP contribution < -0.4 is 0 Å².